The molecule has 0 unspecified atom stereocenters. The van der Waals surface area contributed by atoms with E-state index in [0.29, 0.717) is 19.8 Å². The molecule has 0 saturated carbocycles. The zero-order valence-corrected chi connectivity index (χ0v) is 20.9. The molecule has 0 saturated heterocycles. The number of nitrogen functional groups attached to an aromatic ring is 1. The van der Waals surface area contributed by atoms with Gasteiger partial charge in [-0.15, -0.1) is 0 Å². The van der Waals surface area contributed by atoms with Gasteiger partial charge in [0, 0.05) is 25.4 Å². The number of benzene rings is 1. The predicted octanol–water partition coefficient (Wildman–Crippen LogP) is 3.91. The summed E-state index contributed by atoms with van der Waals surface area (Å²) in [4.78, 5) is 20.9. The fourth-order valence-electron chi connectivity index (χ4n) is 2.97. The Hall–Kier alpha value is -2.57. The van der Waals surface area contributed by atoms with E-state index in [2.05, 4.69) is 9.97 Å². The van der Waals surface area contributed by atoms with Crippen molar-refractivity contribution in [3.63, 3.8) is 0 Å². The van der Waals surface area contributed by atoms with Gasteiger partial charge in [0.1, 0.15) is 5.82 Å². The van der Waals surface area contributed by atoms with Crippen LogP contribution < -0.4 is 10.5 Å². The Labute approximate surface area is 198 Å². The highest BCUT2D eigenvalue weighted by atomic mass is 35.5. The number of carbonyl (C=O) groups is 1. The third-order valence-corrected chi connectivity index (χ3v) is 7.28. The van der Waals surface area contributed by atoms with Gasteiger partial charge in [0.2, 0.25) is 0 Å². The third-order valence-electron chi connectivity index (χ3n) is 4.34. The first-order valence-corrected chi connectivity index (χ1v) is 12.3. The quantitative estimate of drug-likeness (QED) is 0.362. The molecule has 1 aromatic heterocycles. The molecule has 0 aliphatic rings. The van der Waals surface area contributed by atoms with E-state index in [9.17, 15) is 9.18 Å². The molecule has 2 aromatic rings. The number of hydrogen-bond donors (Lipinski definition) is 1. The highest BCUT2D eigenvalue weighted by Crippen LogP contribution is 2.34. The molecule has 2 rings (SSSR count). The van der Waals surface area contributed by atoms with Crippen LogP contribution in [0.4, 0.5) is 10.2 Å². The number of hydrogen-bond acceptors (Lipinski definition) is 9. The number of nitrogens with zero attached hydrogens (tertiary/aromatic N) is 2. The van der Waals surface area contributed by atoms with Gasteiger partial charge in [0.05, 0.1) is 24.8 Å². The summed E-state index contributed by atoms with van der Waals surface area (Å²) in [5.41, 5.74) is 7.69. The summed E-state index contributed by atoms with van der Waals surface area (Å²) in [6, 6.07) is 2.79. The molecule has 0 aliphatic carbocycles. The highest BCUT2D eigenvalue weighted by molar-refractivity contribution is 6.67. The number of nitrogens with two attached hydrogens (primary N) is 1. The molecule has 0 bridgehead atoms. The molecule has 0 spiro atoms. The average molecular weight is 500 g/mol. The lowest BCUT2D eigenvalue weighted by atomic mass is 10.1. The number of ether oxygens (including phenoxy) is 2. The maximum absolute atomic E-state index is 14.9. The molecule has 1 heterocycles. The van der Waals surface area contributed by atoms with Crippen molar-refractivity contribution in [1.29, 1.82) is 0 Å². The molecule has 0 atom stereocenters. The predicted molar refractivity (Wildman–Crippen MR) is 124 cm³/mol. The third kappa shape index (κ3) is 6.06. The second kappa shape index (κ2) is 12.0. The van der Waals surface area contributed by atoms with Gasteiger partial charge in [-0.25, -0.2) is 19.2 Å². The summed E-state index contributed by atoms with van der Waals surface area (Å²) in [5.74, 6) is -1.99. The molecule has 0 fully saturated rings. The van der Waals surface area contributed by atoms with Gasteiger partial charge in [-0.1, -0.05) is 11.6 Å². The lowest BCUT2D eigenvalue weighted by Crippen LogP contribution is -2.44. The normalized spacial score (nSPS) is 11.7. The fraction of sp³-hybridized carbons (Fsp3) is 0.381. The fourth-order valence-corrected chi connectivity index (χ4v) is 5.31. The molecule has 33 heavy (non-hydrogen) atoms. The second-order valence-electron chi connectivity index (χ2n) is 6.36. The number of esters is 1. The molecular weight excluding hydrogens is 473 g/mol. The van der Waals surface area contributed by atoms with Crippen LogP contribution in [0.2, 0.25) is 5.02 Å². The van der Waals surface area contributed by atoms with Gasteiger partial charge in [0.15, 0.2) is 23.1 Å². The van der Waals surface area contributed by atoms with E-state index in [1.54, 1.807) is 5.70 Å². The summed E-state index contributed by atoms with van der Waals surface area (Å²) >= 11 is 5.97. The van der Waals surface area contributed by atoms with Crippen molar-refractivity contribution in [2.45, 2.75) is 20.8 Å². The Morgan fingerprint density at radius 3 is 2.24 bits per heavy atom. The SMILES string of the molecule is CCO[Si](C=Cc1c(N)nc(-c2ccc(Cl)c(OC)c2F)nc1C(=O)OC)(OCC)OCC. The van der Waals surface area contributed by atoms with Crippen molar-refractivity contribution in [1.82, 2.24) is 9.97 Å². The summed E-state index contributed by atoms with van der Waals surface area (Å²) in [6.07, 6.45) is 1.50. The summed E-state index contributed by atoms with van der Waals surface area (Å²) < 4.78 is 42.1. The van der Waals surface area contributed by atoms with E-state index in [1.165, 1.54) is 32.4 Å². The van der Waals surface area contributed by atoms with Gasteiger partial charge in [-0.3, -0.25) is 0 Å². The minimum atomic E-state index is -3.21. The van der Waals surface area contributed by atoms with E-state index >= 15 is 0 Å². The largest absolute Gasteiger partial charge is 0.529 e. The second-order valence-corrected chi connectivity index (χ2v) is 9.18. The van der Waals surface area contributed by atoms with Crippen LogP contribution in [0.3, 0.4) is 0 Å². The van der Waals surface area contributed by atoms with Crippen LogP contribution in [0.15, 0.2) is 17.8 Å². The Kier molecular flexibility index (Phi) is 9.74. The van der Waals surface area contributed by atoms with Crippen LogP contribution in [0.25, 0.3) is 17.5 Å². The minimum Gasteiger partial charge on any atom is -0.492 e. The van der Waals surface area contributed by atoms with Gasteiger partial charge in [0.25, 0.3) is 0 Å². The first-order chi connectivity index (χ1) is 15.8. The van der Waals surface area contributed by atoms with Crippen molar-refractivity contribution in [2.24, 2.45) is 0 Å². The highest BCUT2D eigenvalue weighted by Gasteiger charge is 2.38. The van der Waals surface area contributed by atoms with Gasteiger partial charge < -0.3 is 28.5 Å². The molecule has 1 aromatic carbocycles. The van der Waals surface area contributed by atoms with Crippen LogP contribution in [-0.2, 0) is 18.0 Å². The van der Waals surface area contributed by atoms with E-state index in [0.717, 1.165) is 0 Å². The maximum atomic E-state index is 14.9. The number of carbonyl (C=O) groups excluding carboxylic acids is 1. The van der Waals surface area contributed by atoms with Crippen molar-refractivity contribution < 1.29 is 31.9 Å². The zero-order chi connectivity index (χ0) is 24.6. The number of anilines is 1. The van der Waals surface area contributed by atoms with Crippen LogP contribution in [0.5, 0.6) is 5.75 Å². The van der Waals surface area contributed by atoms with Crippen LogP contribution in [0.1, 0.15) is 36.8 Å². The summed E-state index contributed by atoms with van der Waals surface area (Å²) in [5, 5.41) is 0.0727. The van der Waals surface area contributed by atoms with E-state index in [1.807, 2.05) is 20.8 Å². The minimum absolute atomic E-state index is 0.0506. The number of halogens is 2. The lowest BCUT2D eigenvalue weighted by Gasteiger charge is -2.25. The smallest absolute Gasteiger partial charge is 0.492 e. The van der Waals surface area contributed by atoms with Crippen LogP contribution in [-0.4, -0.2) is 58.8 Å². The molecule has 9 nitrogen and oxygen atoms in total. The van der Waals surface area contributed by atoms with E-state index in [4.69, 9.17) is 40.1 Å². The topological polar surface area (TPSA) is 115 Å². The average Bonchev–Trinajstić information content (AvgIpc) is 2.78. The summed E-state index contributed by atoms with van der Waals surface area (Å²) in [6.45, 7) is 6.49. The first-order valence-electron chi connectivity index (χ1n) is 10.2. The van der Waals surface area contributed by atoms with Crippen molar-refractivity contribution >= 4 is 38.3 Å². The van der Waals surface area contributed by atoms with Gasteiger partial charge >= 0.3 is 14.8 Å². The lowest BCUT2D eigenvalue weighted by molar-refractivity contribution is 0.0593. The van der Waals surface area contributed by atoms with Gasteiger partial charge in [-0.05, 0) is 44.7 Å². The monoisotopic (exact) mass is 499 g/mol. The standard InChI is InChI=1S/C21H27ClFN3O6Si/c1-6-30-33(31-7-2,32-8-3)12-11-14-17(21(27)29-5)25-20(26-19(14)24)13-9-10-15(22)18(28-4)16(13)23/h9-12H,6-8H2,1-5H3,(H2,24,25,26). The molecule has 0 aliphatic heterocycles. The molecule has 180 valence electrons. The Balaban J connectivity index is 2.66. The van der Waals surface area contributed by atoms with Gasteiger partial charge in [-0.2, -0.15) is 0 Å². The van der Waals surface area contributed by atoms with Crippen LogP contribution >= 0.6 is 11.6 Å². The maximum Gasteiger partial charge on any atom is 0.529 e. The first kappa shape index (κ1) is 26.7. The zero-order valence-electron chi connectivity index (χ0n) is 19.1. The molecule has 12 heteroatoms. The molecule has 2 N–H and O–H groups in total. The molecule has 0 radical (unpaired) electrons. The number of aromatic nitrogens is 2. The van der Waals surface area contributed by atoms with Crippen molar-refractivity contribution in [3.05, 3.63) is 39.9 Å². The summed E-state index contributed by atoms with van der Waals surface area (Å²) in [7, 11) is -0.735. The number of methoxy groups -OCH3 is 2. The molecule has 0 amide bonds. The van der Waals surface area contributed by atoms with E-state index in [-0.39, 0.29) is 39.2 Å². The van der Waals surface area contributed by atoms with Crippen molar-refractivity contribution in [2.75, 3.05) is 39.8 Å². The van der Waals surface area contributed by atoms with Crippen molar-refractivity contribution in [3.8, 4) is 17.1 Å². The Morgan fingerprint density at radius 2 is 1.73 bits per heavy atom. The number of rotatable bonds is 11. The van der Waals surface area contributed by atoms with E-state index < -0.39 is 20.6 Å². The Bertz CT molecular complexity index is 1010. The van der Waals surface area contributed by atoms with Crippen LogP contribution in [0, 0.1) is 5.82 Å². The Morgan fingerprint density at radius 1 is 1.12 bits per heavy atom. The molecular formula is C21H27ClFN3O6Si.